The van der Waals surface area contributed by atoms with Gasteiger partial charge in [-0.15, -0.1) is 0 Å². The van der Waals surface area contributed by atoms with Crippen LogP contribution in [0.4, 0.5) is 23.1 Å². The van der Waals surface area contributed by atoms with Crippen LogP contribution in [-0.4, -0.2) is 53.6 Å². The summed E-state index contributed by atoms with van der Waals surface area (Å²) in [6.07, 6.45) is 5.68. The number of nitriles is 1. The van der Waals surface area contributed by atoms with Crippen LogP contribution in [0.1, 0.15) is 43.4 Å². The van der Waals surface area contributed by atoms with Crippen molar-refractivity contribution in [1.82, 2.24) is 15.4 Å². The van der Waals surface area contributed by atoms with E-state index in [4.69, 9.17) is 15.2 Å². The molecule has 3 aliphatic rings. The molecule has 0 saturated carbocycles. The molecule has 0 bridgehead atoms. The van der Waals surface area contributed by atoms with Crippen molar-refractivity contribution < 1.29 is 5.11 Å². The smallest absolute Gasteiger partial charge is 0.227 e. The van der Waals surface area contributed by atoms with Crippen LogP contribution in [0, 0.1) is 17.2 Å². The summed E-state index contributed by atoms with van der Waals surface area (Å²) >= 11 is 0. The maximum Gasteiger partial charge on any atom is 0.227 e. The van der Waals surface area contributed by atoms with Crippen molar-refractivity contribution in [2.75, 3.05) is 41.3 Å². The van der Waals surface area contributed by atoms with Crippen molar-refractivity contribution in [3.63, 3.8) is 0 Å². The second-order valence-corrected chi connectivity index (χ2v) is 9.16. The standard InChI is InChI=1S/C25H30N8O/c1-17-23-22(16-27-31-17)29-25(33-12-7-18(6-11-26)8-13-33)30-24(23)28-19-2-4-20(5-3-19)32-14-9-21(34)10-15-32/h2-5,16,18,21,31,34H,1,6-10,12-15H2,(H,28,29,30). The molecule has 1 aromatic heterocycles. The van der Waals surface area contributed by atoms with E-state index in [1.54, 1.807) is 6.21 Å². The number of piperidine rings is 2. The molecule has 9 nitrogen and oxygen atoms in total. The molecule has 0 atom stereocenters. The van der Waals surface area contributed by atoms with Gasteiger partial charge in [-0.3, -0.25) is 5.43 Å². The Kier molecular flexibility index (Phi) is 6.32. The molecule has 34 heavy (non-hydrogen) atoms. The highest BCUT2D eigenvalue weighted by atomic mass is 16.3. The Morgan fingerprint density at radius 1 is 1.06 bits per heavy atom. The number of hydrazone groups is 1. The van der Waals surface area contributed by atoms with Crippen molar-refractivity contribution >= 4 is 35.1 Å². The van der Waals surface area contributed by atoms with Crippen LogP contribution in [0.3, 0.4) is 0 Å². The van der Waals surface area contributed by atoms with Crippen molar-refractivity contribution in [2.45, 2.75) is 38.2 Å². The molecule has 0 amide bonds. The van der Waals surface area contributed by atoms with Gasteiger partial charge in [0.05, 0.1) is 29.6 Å². The first-order valence-electron chi connectivity index (χ1n) is 11.9. The number of rotatable bonds is 5. The zero-order chi connectivity index (χ0) is 23.5. The first-order chi connectivity index (χ1) is 16.6. The van der Waals surface area contributed by atoms with Gasteiger partial charge >= 0.3 is 0 Å². The zero-order valence-electron chi connectivity index (χ0n) is 19.2. The average molecular weight is 459 g/mol. The summed E-state index contributed by atoms with van der Waals surface area (Å²) in [5, 5.41) is 26.4. The van der Waals surface area contributed by atoms with Crippen LogP contribution in [-0.2, 0) is 0 Å². The lowest BCUT2D eigenvalue weighted by atomic mass is 9.94. The van der Waals surface area contributed by atoms with Gasteiger partial charge in [0.1, 0.15) is 11.5 Å². The molecule has 2 fully saturated rings. The lowest BCUT2D eigenvalue weighted by molar-refractivity contribution is 0.145. The summed E-state index contributed by atoms with van der Waals surface area (Å²) < 4.78 is 0. The minimum Gasteiger partial charge on any atom is -0.393 e. The molecule has 0 aliphatic carbocycles. The fourth-order valence-corrected chi connectivity index (χ4v) is 4.80. The van der Waals surface area contributed by atoms with Crippen molar-refractivity contribution in [1.29, 1.82) is 5.26 Å². The Labute approximate surface area is 199 Å². The molecule has 1 aromatic carbocycles. The maximum atomic E-state index is 9.77. The van der Waals surface area contributed by atoms with E-state index in [1.807, 2.05) is 0 Å². The van der Waals surface area contributed by atoms with E-state index in [9.17, 15) is 5.11 Å². The number of benzene rings is 1. The highest BCUT2D eigenvalue weighted by Crippen LogP contribution is 2.31. The van der Waals surface area contributed by atoms with Gasteiger partial charge < -0.3 is 20.2 Å². The molecule has 2 saturated heterocycles. The van der Waals surface area contributed by atoms with Crippen molar-refractivity contribution in [2.24, 2.45) is 11.0 Å². The van der Waals surface area contributed by atoms with Crippen LogP contribution >= 0.6 is 0 Å². The van der Waals surface area contributed by atoms with Gasteiger partial charge in [0.25, 0.3) is 0 Å². The van der Waals surface area contributed by atoms with Crippen LogP contribution in [0.25, 0.3) is 5.70 Å². The SMILES string of the molecule is C=C1NN=Cc2nc(N3CCC(CC#N)CC3)nc(Nc3ccc(N4CCC(O)CC4)cc3)c21. The predicted octanol–water partition coefficient (Wildman–Crippen LogP) is 3.22. The third-order valence-corrected chi connectivity index (χ3v) is 6.85. The van der Waals surface area contributed by atoms with Crippen LogP contribution in [0.5, 0.6) is 0 Å². The molecule has 3 N–H and O–H groups in total. The Bertz CT molecular complexity index is 1110. The van der Waals surface area contributed by atoms with Gasteiger partial charge in [0.2, 0.25) is 5.95 Å². The Balaban J connectivity index is 1.37. The number of aromatic nitrogens is 2. The van der Waals surface area contributed by atoms with Crippen molar-refractivity contribution in [3.05, 3.63) is 42.1 Å². The normalized spacial score (nSPS) is 18.9. The minimum atomic E-state index is -0.183. The number of fused-ring (bicyclic) bond motifs is 1. The van der Waals surface area contributed by atoms with Gasteiger partial charge in [-0.1, -0.05) is 6.58 Å². The summed E-state index contributed by atoms with van der Waals surface area (Å²) in [5.74, 6) is 1.81. The topological polar surface area (TPSA) is 113 Å². The highest BCUT2D eigenvalue weighted by molar-refractivity contribution is 5.93. The summed E-state index contributed by atoms with van der Waals surface area (Å²) in [5.41, 5.74) is 7.21. The molecule has 5 rings (SSSR count). The molecule has 176 valence electrons. The van der Waals surface area contributed by atoms with E-state index in [2.05, 4.69) is 62.6 Å². The lowest BCUT2D eigenvalue weighted by Crippen LogP contribution is -2.35. The van der Waals surface area contributed by atoms with Gasteiger partial charge in [-0.2, -0.15) is 15.3 Å². The second-order valence-electron chi connectivity index (χ2n) is 9.16. The summed E-state index contributed by atoms with van der Waals surface area (Å²) in [6, 6.07) is 10.6. The Hall–Kier alpha value is -3.64. The number of hydrogen-bond acceptors (Lipinski definition) is 9. The molecule has 0 unspecified atom stereocenters. The molecular weight excluding hydrogens is 428 g/mol. The quantitative estimate of drug-likeness (QED) is 0.626. The Morgan fingerprint density at radius 3 is 2.47 bits per heavy atom. The molecule has 9 heteroatoms. The first-order valence-corrected chi connectivity index (χ1v) is 11.9. The van der Waals surface area contributed by atoms with E-state index in [0.29, 0.717) is 29.8 Å². The van der Waals surface area contributed by atoms with Crippen LogP contribution < -0.4 is 20.5 Å². The molecular formula is C25H30N8O. The summed E-state index contributed by atoms with van der Waals surface area (Å²) in [4.78, 5) is 14.2. The third-order valence-electron chi connectivity index (χ3n) is 6.85. The van der Waals surface area contributed by atoms with Crippen molar-refractivity contribution in [3.8, 4) is 6.07 Å². The van der Waals surface area contributed by atoms with E-state index in [-0.39, 0.29) is 6.10 Å². The number of hydrogen-bond donors (Lipinski definition) is 3. The average Bonchev–Trinajstić information content (AvgIpc) is 2.86. The predicted molar refractivity (Wildman–Crippen MR) is 134 cm³/mol. The van der Waals surface area contributed by atoms with Gasteiger partial charge in [-0.25, -0.2) is 4.98 Å². The number of nitrogens with one attached hydrogen (secondary N) is 2. The molecule has 0 radical (unpaired) electrons. The summed E-state index contributed by atoms with van der Waals surface area (Å²) in [7, 11) is 0. The van der Waals surface area contributed by atoms with E-state index >= 15 is 0 Å². The number of nitrogens with zero attached hydrogens (tertiary/aromatic N) is 6. The Morgan fingerprint density at radius 2 is 1.76 bits per heavy atom. The molecule has 0 spiro atoms. The van der Waals surface area contributed by atoms with E-state index in [0.717, 1.165) is 74.5 Å². The number of anilines is 4. The van der Waals surface area contributed by atoms with Crippen LogP contribution in [0.15, 0.2) is 35.9 Å². The molecule has 3 aliphatic heterocycles. The number of aliphatic hydroxyl groups is 1. The highest BCUT2D eigenvalue weighted by Gasteiger charge is 2.25. The first kappa shape index (κ1) is 22.2. The fourth-order valence-electron chi connectivity index (χ4n) is 4.80. The molecule has 2 aromatic rings. The summed E-state index contributed by atoms with van der Waals surface area (Å²) in [6.45, 7) is 7.50. The third kappa shape index (κ3) is 4.68. The van der Waals surface area contributed by atoms with E-state index in [1.165, 1.54) is 0 Å². The van der Waals surface area contributed by atoms with Crippen LogP contribution in [0.2, 0.25) is 0 Å². The zero-order valence-corrected chi connectivity index (χ0v) is 19.2. The van der Waals surface area contributed by atoms with Gasteiger partial charge in [0.15, 0.2) is 0 Å². The molecule has 4 heterocycles. The van der Waals surface area contributed by atoms with Gasteiger partial charge in [-0.05, 0) is 55.9 Å². The fraction of sp³-hybridized carbons (Fsp3) is 0.440. The van der Waals surface area contributed by atoms with E-state index < -0.39 is 0 Å². The second kappa shape index (κ2) is 9.69. The maximum absolute atomic E-state index is 9.77. The lowest BCUT2D eigenvalue weighted by Gasteiger charge is -2.32. The van der Waals surface area contributed by atoms with Gasteiger partial charge in [0, 0.05) is 44.0 Å². The largest absolute Gasteiger partial charge is 0.393 e. The minimum absolute atomic E-state index is 0.183. The monoisotopic (exact) mass is 458 g/mol. The number of aliphatic hydroxyl groups excluding tert-OH is 1.